The molecular weight excluding hydrogens is 270 g/mol. The maximum absolute atomic E-state index is 11.0. The van der Waals surface area contributed by atoms with Crippen molar-refractivity contribution in [2.45, 2.75) is 13.3 Å². The topological polar surface area (TPSA) is 50.7 Å². The van der Waals surface area contributed by atoms with Crippen LogP contribution < -0.4 is 5.56 Å². The highest BCUT2D eigenvalue weighted by Crippen LogP contribution is 2.29. The smallest absolute Gasteiger partial charge is 0.264 e. The van der Waals surface area contributed by atoms with Crippen LogP contribution in [0.4, 0.5) is 0 Å². The number of hydrogen-bond acceptors (Lipinski definition) is 3. The van der Waals surface area contributed by atoms with Gasteiger partial charge in [-0.15, -0.1) is 11.3 Å². The monoisotopic (exact) mass is 285 g/mol. The summed E-state index contributed by atoms with van der Waals surface area (Å²) in [5.74, 6) is 0. The molecule has 4 nitrogen and oxygen atoms in total. The Morgan fingerprint density at radius 1 is 1.20 bits per heavy atom. The Morgan fingerprint density at radius 2 is 2.05 bits per heavy atom. The molecule has 0 aromatic carbocycles. The number of nitrogens with zero attached hydrogens (tertiary/aromatic N) is 2. The largest absolute Gasteiger partial charge is 0.347 e. The molecule has 0 saturated carbocycles. The molecule has 0 bridgehead atoms. The molecule has 3 rings (SSSR count). The fraction of sp³-hybridized carbons (Fsp3) is 0.200. The Kier molecular flexibility index (Phi) is 3.28. The first-order chi connectivity index (χ1) is 9.63. The average Bonchev–Trinajstić information content (AvgIpc) is 3.00. The van der Waals surface area contributed by atoms with E-state index in [1.165, 1.54) is 27.2 Å². The molecule has 0 atom stereocenters. The van der Waals surface area contributed by atoms with Crippen molar-refractivity contribution in [3.05, 3.63) is 63.0 Å². The third kappa shape index (κ3) is 2.44. The lowest BCUT2D eigenvalue weighted by atomic mass is 10.2. The molecule has 0 saturated heterocycles. The van der Waals surface area contributed by atoms with Gasteiger partial charge in [-0.05, 0) is 37.3 Å². The van der Waals surface area contributed by atoms with E-state index in [-0.39, 0.29) is 5.56 Å². The van der Waals surface area contributed by atoms with Gasteiger partial charge in [0.2, 0.25) is 0 Å². The highest BCUT2D eigenvalue weighted by molar-refractivity contribution is 7.15. The Morgan fingerprint density at radius 3 is 2.70 bits per heavy atom. The first-order valence-electron chi connectivity index (χ1n) is 6.39. The summed E-state index contributed by atoms with van der Waals surface area (Å²) in [6, 6.07) is 11.8. The molecule has 5 heteroatoms. The van der Waals surface area contributed by atoms with Gasteiger partial charge in [-0.3, -0.25) is 4.79 Å². The van der Waals surface area contributed by atoms with Crippen LogP contribution in [0.25, 0.3) is 10.6 Å². The zero-order valence-electron chi connectivity index (χ0n) is 11.4. The van der Waals surface area contributed by atoms with Gasteiger partial charge in [0.15, 0.2) is 0 Å². The summed E-state index contributed by atoms with van der Waals surface area (Å²) in [7, 11) is 2.06. The maximum atomic E-state index is 11.0. The summed E-state index contributed by atoms with van der Waals surface area (Å²) >= 11 is 1.79. The molecule has 0 spiro atoms. The van der Waals surface area contributed by atoms with E-state index >= 15 is 0 Å². The van der Waals surface area contributed by atoms with E-state index in [0.717, 1.165) is 5.69 Å². The van der Waals surface area contributed by atoms with Crippen LogP contribution >= 0.6 is 11.3 Å². The minimum atomic E-state index is -0.171. The van der Waals surface area contributed by atoms with Gasteiger partial charge in [0.25, 0.3) is 5.56 Å². The van der Waals surface area contributed by atoms with Crippen LogP contribution in [-0.4, -0.2) is 14.8 Å². The van der Waals surface area contributed by atoms with Crippen molar-refractivity contribution >= 4 is 11.3 Å². The molecule has 102 valence electrons. The van der Waals surface area contributed by atoms with Crippen LogP contribution in [-0.2, 0) is 13.5 Å². The Balaban J connectivity index is 1.90. The van der Waals surface area contributed by atoms with Crippen molar-refractivity contribution in [1.29, 1.82) is 0 Å². The molecule has 0 amide bonds. The highest BCUT2D eigenvalue weighted by Gasteiger charge is 2.09. The lowest BCUT2D eigenvalue weighted by Crippen LogP contribution is -2.08. The molecule has 0 aliphatic rings. The molecule has 0 aliphatic heterocycles. The van der Waals surface area contributed by atoms with Crippen LogP contribution in [0.1, 0.15) is 16.3 Å². The molecule has 0 aliphatic carbocycles. The normalized spacial score (nSPS) is 10.9. The summed E-state index contributed by atoms with van der Waals surface area (Å²) in [4.78, 5) is 13.6. The molecule has 20 heavy (non-hydrogen) atoms. The summed E-state index contributed by atoms with van der Waals surface area (Å²) in [6.45, 7) is 2.11. The van der Waals surface area contributed by atoms with Crippen LogP contribution in [0, 0.1) is 6.92 Å². The van der Waals surface area contributed by atoms with E-state index in [4.69, 9.17) is 0 Å². The van der Waals surface area contributed by atoms with Crippen LogP contribution in [0.2, 0.25) is 0 Å². The highest BCUT2D eigenvalue weighted by atomic mass is 32.1. The molecule has 3 aromatic rings. The lowest BCUT2D eigenvalue weighted by molar-refractivity contribution is 0.826. The van der Waals surface area contributed by atoms with Gasteiger partial charge in [0.1, 0.15) is 0 Å². The number of thiophene rings is 1. The average molecular weight is 285 g/mol. The number of hydrogen-bond donors (Lipinski definition) is 1. The van der Waals surface area contributed by atoms with E-state index in [1.54, 1.807) is 17.4 Å². The zero-order valence-corrected chi connectivity index (χ0v) is 12.2. The second kappa shape index (κ2) is 5.09. The third-order valence-corrected chi connectivity index (χ3v) is 4.34. The number of nitrogens with one attached hydrogen (secondary N) is 1. The van der Waals surface area contributed by atoms with Crippen molar-refractivity contribution < 1.29 is 0 Å². The fourth-order valence-electron chi connectivity index (χ4n) is 2.21. The van der Waals surface area contributed by atoms with Gasteiger partial charge in [-0.25, -0.2) is 5.10 Å². The van der Waals surface area contributed by atoms with E-state index in [1.807, 2.05) is 0 Å². The summed E-state index contributed by atoms with van der Waals surface area (Å²) in [6.07, 6.45) is 0.706. The van der Waals surface area contributed by atoms with Gasteiger partial charge < -0.3 is 4.57 Å². The Bertz CT molecular complexity index is 777. The lowest BCUT2D eigenvalue weighted by Gasteiger charge is -2.06. The van der Waals surface area contributed by atoms with Crippen molar-refractivity contribution in [1.82, 2.24) is 14.8 Å². The van der Waals surface area contributed by atoms with Gasteiger partial charge in [-0.2, -0.15) is 5.10 Å². The van der Waals surface area contributed by atoms with Crippen LogP contribution in [0.5, 0.6) is 0 Å². The summed E-state index contributed by atoms with van der Waals surface area (Å²) in [5.41, 5.74) is 3.07. The van der Waals surface area contributed by atoms with Gasteiger partial charge in [0.05, 0.1) is 16.3 Å². The van der Waals surface area contributed by atoms with Gasteiger partial charge in [0, 0.05) is 30.1 Å². The Labute approximate surface area is 120 Å². The number of rotatable bonds is 3. The summed E-state index contributed by atoms with van der Waals surface area (Å²) in [5, 5.41) is 6.52. The standard InChI is InChI=1S/C15H15N3OS/c1-10-3-7-14(20-10)13-6-5-12(18(13)2)9-11-4-8-15(19)17-16-11/h3-8H,9H2,1-2H3,(H,17,19). The van der Waals surface area contributed by atoms with E-state index in [2.05, 4.69) is 53.0 Å². The minimum absolute atomic E-state index is 0.171. The summed E-state index contributed by atoms with van der Waals surface area (Å²) < 4.78 is 2.18. The van der Waals surface area contributed by atoms with E-state index in [0.29, 0.717) is 6.42 Å². The maximum Gasteiger partial charge on any atom is 0.264 e. The molecular formula is C15H15N3OS. The van der Waals surface area contributed by atoms with Crippen LogP contribution in [0.3, 0.4) is 0 Å². The predicted molar refractivity (Wildman–Crippen MR) is 81.1 cm³/mol. The molecule has 0 radical (unpaired) electrons. The van der Waals surface area contributed by atoms with Gasteiger partial charge >= 0.3 is 0 Å². The number of H-pyrrole nitrogens is 1. The second-order valence-corrected chi connectivity index (χ2v) is 6.06. The molecule has 3 heterocycles. The first kappa shape index (κ1) is 12.9. The SMILES string of the molecule is Cc1ccc(-c2ccc(Cc3ccc(=O)[nH]n3)n2C)s1. The Hall–Kier alpha value is -2.14. The predicted octanol–water partition coefficient (Wildman–Crippen LogP) is 2.74. The number of aromatic nitrogens is 3. The minimum Gasteiger partial charge on any atom is -0.347 e. The number of aromatic amines is 1. The zero-order chi connectivity index (χ0) is 14.1. The fourth-order valence-corrected chi connectivity index (χ4v) is 3.14. The molecule has 0 unspecified atom stereocenters. The van der Waals surface area contributed by atoms with Crippen LogP contribution in [0.15, 0.2) is 41.2 Å². The molecule has 0 fully saturated rings. The number of aryl methyl sites for hydroxylation is 1. The first-order valence-corrected chi connectivity index (χ1v) is 7.21. The second-order valence-electron chi connectivity index (χ2n) is 4.77. The quantitative estimate of drug-likeness (QED) is 0.804. The third-order valence-electron chi connectivity index (χ3n) is 3.32. The van der Waals surface area contributed by atoms with Crippen molar-refractivity contribution in [2.24, 2.45) is 7.05 Å². The van der Waals surface area contributed by atoms with Gasteiger partial charge in [-0.1, -0.05) is 0 Å². The van der Waals surface area contributed by atoms with Crippen molar-refractivity contribution in [3.63, 3.8) is 0 Å². The molecule has 1 N–H and O–H groups in total. The van der Waals surface area contributed by atoms with E-state index < -0.39 is 0 Å². The van der Waals surface area contributed by atoms with E-state index in [9.17, 15) is 4.79 Å². The van der Waals surface area contributed by atoms with Crippen molar-refractivity contribution in [3.8, 4) is 10.6 Å². The van der Waals surface area contributed by atoms with Crippen molar-refractivity contribution in [2.75, 3.05) is 0 Å². The molecule has 3 aromatic heterocycles.